The number of aromatic amines is 1. The van der Waals surface area contributed by atoms with Gasteiger partial charge in [0, 0.05) is 44.1 Å². The van der Waals surface area contributed by atoms with Gasteiger partial charge in [0.05, 0.1) is 17.4 Å². The van der Waals surface area contributed by atoms with Crippen molar-refractivity contribution in [2.75, 3.05) is 38.5 Å². The Morgan fingerprint density at radius 3 is 2.33 bits per heavy atom. The minimum Gasteiger partial charge on any atom is -0.410 e. The standard InChI is InChI=1S/C22H23N5O4.C2H6/c1-14(28)18-11-16-12-20(23-13-19(16)24-18)25-21(29)15-3-5-17(6-4-15)31-22(30)27-9-7-26(2)8-10-27;1-2/h3-6,11-13,24H,7-10H2,1-2H3,(H,23,25,29);1-2H3. The van der Waals surface area contributed by atoms with Crippen LogP contribution in [-0.2, 0) is 0 Å². The number of ether oxygens (including phenoxy) is 1. The third kappa shape index (κ3) is 5.95. The summed E-state index contributed by atoms with van der Waals surface area (Å²) in [6.07, 6.45) is 1.18. The molecule has 1 fully saturated rings. The van der Waals surface area contributed by atoms with Crippen LogP contribution >= 0.6 is 0 Å². The summed E-state index contributed by atoms with van der Waals surface area (Å²) in [6, 6.07) is 9.77. The first kappa shape index (κ1) is 23.9. The van der Waals surface area contributed by atoms with E-state index in [0.717, 1.165) is 24.0 Å². The van der Waals surface area contributed by atoms with Gasteiger partial charge < -0.3 is 24.8 Å². The lowest BCUT2D eigenvalue weighted by atomic mass is 10.2. The molecule has 0 unspecified atom stereocenters. The average molecular weight is 452 g/mol. The van der Waals surface area contributed by atoms with E-state index in [1.165, 1.54) is 6.92 Å². The van der Waals surface area contributed by atoms with E-state index >= 15 is 0 Å². The molecule has 3 aromatic rings. The van der Waals surface area contributed by atoms with Gasteiger partial charge in [0.1, 0.15) is 11.6 Å². The fourth-order valence-electron chi connectivity index (χ4n) is 3.31. The van der Waals surface area contributed by atoms with E-state index < -0.39 is 0 Å². The number of fused-ring (bicyclic) bond motifs is 1. The van der Waals surface area contributed by atoms with Crippen molar-refractivity contribution in [3.63, 3.8) is 0 Å². The number of rotatable bonds is 4. The Hall–Kier alpha value is -3.72. The Morgan fingerprint density at radius 1 is 1.03 bits per heavy atom. The Balaban J connectivity index is 0.00000149. The van der Waals surface area contributed by atoms with Crippen LogP contribution in [0.25, 0.3) is 10.9 Å². The molecular formula is C24H29N5O4. The van der Waals surface area contributed by atoms with Crippen molar-refractivity contribution >= 4 is 34.5 Å². The van der Waals surface area contributed by atoms with Crippen LogP contribution < -0.4 is 10.1 Å². The summed E-state index contributed by atoms with van der Waals surface area (Å²) in [6.45, 7) is 8.36. The summed E-state index contributed by atoms with van der Waals surface area (Å²) in [5, 5.41) is 3.51. The SMILES string of the molecule is CC.CC(=O)c1cc2cc(NC(=O)c3ccc(OC(=O)N4CCN(C)CC4)cc3)ncc2[nH]1. The number of carbonyl (C=O) groups excluding carboxylic acids is 3. The zero-order chi connectivity index (χ0) is 24.0. The molecule has 1 saturated heterocycles. The van der Waals surface area contributed by atoms with Crippen LogP contribution in [-0.4, -0.2) is 70.8 Å². The third-order valence-corrected chi connectivity index (χ3v) is 5.21. The predicted molar refractivity (Wildman–Crippen MR) is 127 cm³/mol. The van der Waals surface area contributed by atoms with E-state index in [-0.39, 0.29) is 17.8 Å². The van der Waals surface area contributed by atoms with E-state index in [1.54, 1.807) is 47.5 Å². The van der Waals surface area contributed by atoms with Crippen molar-refractivity contribution < 1.29 is 19.1 Å². The number of anilines is 1. The van der Waals surface area contributed by atoms with Gasteiger partial charge in [-0.3, -0.25) is 9.59 Å². The van der Waals surface area contributed by atoms with Gasteiger partial charge in [-0.15, -0.1) is 0 Å². The number of pyridine rings is 1. The molecular weight excluding hydrogens is 422 g/mol. The monoisotopic (exact) mass is 451 g/mol. The number of nitrogens with one attached hydrogen (secondary N) is 2. The number of Topliss-reactive ketones (excluding diaryl/α,β-unsaturated/α-hetero) is 1. The smallest absolute Gasteiger partial charge is 0.410 e. The van der Waals surface area contributed by atoms with Crippen LogP contribution in [0.5, 0.6) is 5.75 Å². The molecule has 2 N–H and O–H groups in total. The lowest BCUT2D eigenvalue weighted by Gasteiger charge is -2.31. The molecule has 9 heteroatoms. The molecule has 0 radical (unpaired) electrons. The first-order valence-electron chi connectivity index (χ1n) is 11.0. The molecule has 0 saturated carbocycles. The Bertz CT molecular complexity index is 1130. The summed E-state index contributed by atoms with van der Waals surface area (Å²) < 4.78 is 5.41. The number of hydrogen-bond acceptors (Lipinski definition) is 6. The number of piperazine rings is 1. The normalized spacial score (nSPS) is 13.8. The van der Waals surface area contributed by atoms with Gasteiger partial charge in [0.15, 0.2) is 5.78 Å². The molecule has 0 spiro atoms. The maximum absolute atomic E-state index is 12.5. The molecule has 0 atom stereocenters. The van der Waals surface area contributed by atoms with Crippen molar-refractivity contribution in [2.45, 2.75) is 20.8 Å². The molecule has 1 aliphatic rings. The molecule has 2 aromatic heterocycles. The van der Waals surface area contributed by atoms with Gasteiger partial charge in [-0.25, -0.2) is 9.78 Å². The zero-order valence-corrected chi connectivity index (χ0v) is 19.3. The number of hydrogen-bond donors (Lipinski definition) is 2. The summed E-state index contributed by atoms with van der Waals surface area (Å²) in [5.41, 5.74) is 1.61. The van der Waals surface area contributed by atoms with E-state index in [1.807, 2.05) is 20.9 Å². The number of likely N-dealkylation sites (N-methyl/N-ethyl adjacent to an activating group) is 1. The quantitative estimate of drug-likeness (QED) is 0.585. The second-order valence-corrected chi connectivity index (χ2v) is 7.53. The number of amides is 2. The minimum absolute atomic E-state index is 0.0739. The van der Waals surface area contributed by atoms with E-state index in [4.69, 9.17) is 4.74 Å². The zero-order valence-electron chi connectivity index (χ0n) is 19.3. The maximum atomic E-state index is 12.5. The van der Waals surface area contributed by atoms with E-state index in [2.05, 4.69) is 20.2 Å². The van der Waals surface area contributed by atoms with Gasteiger partial charge in [0.25, 0.3) is 5.91 Å². The second-order valence-electron chi connectivity index (χ2n) is 7.53. The highest BCUT2D eigenvalue weighted by atomic mass is 16.6. The lowest BCUT2D eigenvalue weighted by molar-refractivity contribution is 0.100. The lowest BCUT2D eigenvalue weighted by Crippen LogP contribution is -2.48. The average Bonchev–Trinajstić information content (AvgIpc) is 3.25. The third-order valence-electron chi connectivity index (χ3n) is 5.21. The Kier molecular flexibility index (Phi) is 7.78. The van der Waals surface area contributed by atoms with Gasteiger partial charge in [-0.1, -0.05) is 13.8 Å². The van der Waals surface area contributed by atoms with Crippen LogP contribution in [0, 0.1) is 0 Å². The molecule has 4 rings (SSSR count). The largest absolute Gasteiger partial charge is 0.415 e. The van der Waals surface area contributed by atoms with Crippen molar-refractivity contribution in [1.29, 1.82) is 0 Å². The summed E-state index contributed by atoms with van der Waals surface area (Å²) in [4.78, 5) is 47.3. The van der Waals surface area contributed by atoms with E-state index in [9.17, 15) is 14.4 Å². The second kappa shape index (κ2) is 10.7. The molecule has 3 heterocycles. The highest BCUT2D eigenvalue weighted by Gasteiger charge is 2.20. The number of nitrogens with zero attached hydrogens (tertiary/aromatic N) is 3. The molecule has 174 valence electrons. The first-order valence-corrected chi connectivity index (χ1v) is 11.0. The molecule has 0 bridgehead atoms. The van der Waals surface area contributed by atoms with Crippen LogP contribution in [0.2, 0.25) is 0 Å². The summed E-state index contributed by atoms with van der Waals surface area (Å²) >= 11 is 0. The topological polar surface area (TPSA) is 108 Å². The van der Waals surface area contributed by atoms with E-state index in [0.29, 0.717) is 35.9 Å². The number of H-pyrrole nitrogens is 1. The van der Waals surface area contributed by atoms with Crippen LogP contribution in [0.1, 0.15) is 41.6 Å². The number of benzene rings is 1. The van der Waals surface area contributed by atoms with Crippen LogP contribution in [0.3, 0.4) is 0 Å². The molecule has 1 aromatic carbocycles. The van der Waals surface area contributed by atoms with Gasteiger partial charge >= 0.3 is 6.09 Å². The summed E-state index contributed by atoms with van der Waals surface area (Å²) in [7, 11) is 2.02. The van der Waals surface area contributed by atoms with Crippen molar-refractivity contribution in [3.8, 4) is 5.75 Å². The van der Waals surface area contributed by atoms with Crippen LogP contribution in [0.4, 0.5) is 10.6 Å². The predicted octanol–water partition coefficient (Wildman–Crippen LogP) is 3.79. The highest BCUT2D eigenvalue weighted by Crippen LogP contribution is 2.19. The summed E-state index contributed by atoms with van der Waals surface area (Å²) in [5.74, 6) is 0.336. The van der Waals surface area contributed by atoms with Crippen molar-refractivity contribution in [2.24, 2.45) is 0 Å². The minimum atomic E-state index is -0.390. The Morgan fingerprint density at radius 2 is 1.70 bits per heavy atom. The van der Waals surface area contributed by atoms with Gasteiger partial charge in [-0.2, -0.15) is 0 Å². The first-order chi connectivity index (χ1) is 15.9. The Labute approximate surface area is 192 Å². The van der Waals surface area contributed by atoms with Crippen LogP contribution in [0.15, 0.2) is 42.6 Å². The van der Waals surface area contributed by atoms with Crippen molar-refractivity contribution in [1.82, 2.24) is 19.8 Å². The number of aromatic nitrogens is 2. The molecule has 1 aliphatic heterocycles. The van der Waals surface area contributed by atoms with Gasteiger partial charge in [-0.05, 0) is 43.4 Å². The fourth-order valence-corrected chi connectivity index (χ4v) is 3.31. The highest BCUT2D eigenvalue weighted by molar-refractivity contribution is 6.05. The molecule has 0 aliphatic carbocycles. The number of carbonyl (C=O) groups is 3. The number of ketones is 1. The van der Waals surface area contributed by atoms with Crippen molar-refractivity contribution in [3.05, 3.63) is 53.9 Å². The fraction of sp³-hybridized carbons (Fsp3) is 0.333. The molecule has 9 nitrogen and oxygen atoms in total. The molecule has 2 amide bonds. The maximum Gasteiger partial charge on any atom is 0.415 e. The molecule has 33 heavy (non-hydrogen) atoms. The van der Waals surface area contributed by atoms with Gasteiger partial charge in [0.2, 0.25) is 0 Å².